The van der Waals surface area contributed by atoms with Crippen LogP contribution in [0.2, 0.25) is 0 Å². The van der Waals surface area contributed by atoms with E-state index in [0.29, 0.717) is 0 Å². The number of hydrogen-bond donors (Lipinski definition) is 0. The molecule has 0 spiro atoms. The summed E-state index contributed by atoms with van der Waals surface area (Å²) in [5.74, 6) is 0. The van der Waals surface area contributed by atoms with Gasteiger partial charge in [0.15, 0.2) is 0 Å². The van der Waals surface area contributed by atoms with Crippen LogP contribution in [-0.2, 0) is 21.7 Å². The van der Waals surface area contributed by atoms with Crippen molar-refractivity contribution in [2.45, 2.75) is 0 Å². The zero-order valence-electron chi connectivity index (χ0n) is 2.91. The molecule has 28 valence electrons. The largest absolute Gasteiger partial charge is 2.00 e. The van der Waals surface area contributed by atoms with Gasteiger partial charge in [0.1, 0.15) is 0 Å². The zero-order chi connectivity index (χ0) is 3.41. The van der Waals surface area contributed by atoms with Crippen LogP contribution >= 0.6 is 0 Å². The monoisotopic (exact) mass is 106 g/mol. The van der Waals surface area contributed by atoms with Gasteiger partial charge < -0.3 is 11.5 Å². The van der Waals surface area contributed by atoms with Gasteiger partial charge in [0.05, 0.1) is 0 Å². The fourth-order valence-electron chi connectivity index (χ4n) is 0. The second-order valence-electron chi connectivity index (χ2n) is 0.500. The van der Waals surface area contributed by atoms with E-state index in [1.54, 1.807) is 0 Å². The maximum absolute atomic E-state index is 6.26. The van der Waals surface area contributed by atoms with Crippen molar-refractivity contribution in [1.29, 1.82) is 0 Å². The molecule has 0 rings (SSSR count). The van der Waals surface area contributed by atoms with E-state index in [2.05, 4.69) is 0 Å². The quantitative estimate of drug-likeness (QED) is 0.449. The minimum atomic E-state index is 0. The van der Waals surface area contributed by atoms with Gasteiger partial charge in [0, 0.05) is 0 Å². The SMILES string of the molecule is [NH-]CC[NH-].[Ti+2]. The van der Waals surface area contributed by atoms with E-state index in [9.17, 15) is 0 Å². The Morgan fingerprint density at radius 3 is 1.20 bits per heavy atom. The summed E-state index contributed by atoms with van der Waals surface area (Å²) in [5, 5.41) is 0. The van der Waals surface area contributed by atoms with E-state index >= 15 is 0 Å². The summed E-state index contributed by atoms with van der Waals surface area (Å²) in [5.41, 5.74) is 12.5. The number of hydrogen-bond acceptors (Lipinski definition) is 0. The van der Waals surface area contributed by atoms with Gasteiger partial charge in [-0.3, -0.25) is 0 Å². The minimum absolute atomic E-state index is 0. The molecule has 0 fully saturated rings. The maximum Gasteiger partial charge on any atom is 2.00 e. The smallest absolute Gasteiger partial charge is 0.679 e. The molecule has 0 bridgehead atoms. The van der Waals surface area contributed by atoms with Gasteiger partial charge in [-0.05, 0) is 0 Å². The fraction of sp³-hybridized carbons (Fsp3) is 1.00. The molecular weight excluding hydrogens is 99.9 g/mol. The molecule has 0 aromatic rings. The van der Waals surface area contributed by atoms with Crippen molar-refractivity contribution >= 4 is 0 Å². The van der Waals surface area contributed by atoms with Crippen LogP contribution in [0, 0.1) is 0 Å². The second-order valence-corrected chi connectivity index (χ2v) is 0.500. The predicted octanol–water partition coefficient (Wildman–Crippen LogP) is 1.09. The third-order valence-corrected chi connectivity index (χ3v) is 0.125. The molecule has 0 aliphatic rings. The van der Waals surface area contributed by atoms with Crippen molar-refractivity contribution < 1.29 is 21.7 Å². The molecule has 0 saturated carbocycles. The maximum atomic E-state index is 6.26. The molecule has 0 aliphatic heterocycles. The molecule has 3 heteroatoms. The van der Waals surface area contributed by atoms with E-state index in [4.69, 9.17) is 11.5 Å². The zero-order valence-corrected chi connectivity index (χ0v) is 4.48. The first-order valence-electron chi connectivity index (χ1n) is 1.21. The average molecular weight is 106 g/mol. The summed E-state index contributed by atoms with van der Waals surface area (Å²) in [6.07, 6.45) is 0. The van der Waals surface area contributed by atoms with E-state index in [1.807, 2.05) is 0 Å². The van der Waals surface area contributed by atoms with Crippen molar-refractivity contribution in [3.8, 4) is 0 Å². The molecule has 0 atom stereocenters. The first-order chi connectivity index (χ1) is 1.91. The molecule has 2 N–H and O–H groups in total. The normalized spacial score (nSPS) is 6.00. The average Bonchev–Trinajstić information content (AvgIpc) is 1.37. The Hall–Kier alpha value is 0.634. The first kappa shape index (κ1) is 9.16. The molecule has 0 amide bonds. The van der Waals surface area contributed by atoms with Crippen molar-refractivity contribution in [3.05, 3.63) is 11.5 Å². The van der Waals surface area contributed by atoms with E-state index in [1.165, 1.54) is 0 Å². The second kappa shape index (κ2) is 8.82. The van der Waals surface area contributed by atoms with E-state index in [0.717, 1.165) is 0 Å². The summed E-state index contributed by atoms with van der Waals surface area (Å²) in [7, 11) is 0. The van der Waals surface area contributed by atoms with Gasteiger partial charge in [-0.25, -0.2) is 0 Å². The molecule has 0 radical (unpaired) electrons. The fourth-order valence-corrected chi connectivity index (χ4v) is 0. The van der Waals surface area contributed by atoms with Crippen LogP contribution in [0.3, 0.4) is 0 Å². The van der Waals surface area contributed by atoms with Crippen LogP contribution < -0.4 is 0 Å². The molecule has 0 aromatic carbocycles. The Balaban J connectivity index is 0. The Bertz CT molecular complexity index is 9.61. The summed E-state index contributed by atoms with van der Waals surface area (Å²) in [4.78, 5) is 0. The number of nitrogens with one attached hydrogen (secondary N) is 2. The number of rotatable bonds is 1. The van der Waals surface area contributed by atoms with Crippen molar-refractivity contribution in [2.24, 2.45) is 0 Å². The van der Waals surface area contributed by atoms with Gasteiger partial charge in [-0.15, -0.1) is 0 Å². The first-order valence-corrected chi connectivity index (χ1v) is 1.21. The molecule has 0 aromatic heterocycles. The summed E-state index contributed by atoms with van der Waals surface area (Å²) < 4.78 is 0. The molecule has 5 heavy (non-hydrogen) atoms. The van der Waals surface area contributed by atoms with Crippen molar-refractivity contribution in [2.75, 3.05) is 13.1 Å². The van der Waals surface area contributed by atoms with Gasteiger partial charge in [0.2, 0.25) is 0 Å². The predicted molar refractivity (Wildman–Crippen MR) is 18.4 cm³/mol. The van der Waals surface area contributed by atoms with Gasteiger partial charge in [0.25, 0.3) is 0 Å². The summed E-state index contributed by atoms with van der Waals surface area (Å²) in [6, 6.07) is 0. The topological polar surface area (TPSA) is 47.6 Å². The molecular formula is C2H6N2Ti. The Morgan fingerprint density at radius 1 is 1.00 bits per heavy atom. The van der Waals surface area contributed by atoms with E-state index in [-0.39, 0.29) is 34.8 Å². The Labute approximate surface area is 46.8 Å². The summed E-state index contributed by atoms with van der Waals surface area (Å²) >= 11 is 0. The Kier molecular flexibility index (Phi) is 16.2. The minimum Gasteiger partial charge on any atom is -0.679 e. The summed E-state index contributed by atoms with van der Waals surface area (Å²) in [6.45, 7) is 0.472. The van der Waals surface area contributed by atoms with Crippen molar-refractivity contribution in [1.82, 2.24) is 0 Å². The third kappa shape index (κ3) is 12.0. The van der Waals surface area contributed by atoms with Crippen LogP contribution in [-0.4, -0.2) is 13.1 Å². The van der Waals surface area contributed by atoms with Crippen LogP contribution in [0.1, 0.15) is 0 Å². The van der Waals surface area contributed by atoms with Gasteiger partial charge in [-0.2, -0.15) is 13.1 Å². The molecule has 0 aliphatic carbocycles. The Morgan fingerprint density at radius 2 is 1.20 bits per heavy atom. The molecule has 0 unspecified atom stereocenters. The standard InChI is InChI=1S/C2H6N2.Ti/c3-1-2-4;/h3-4H,1-2H2;/q-2;+2. The van der Waals surface area contributed by atoms with E-state index < -0.39 is 0 Å². The van der Waals surface area contributed by atoms with Crippen LogP contribution in [0.15, 0.2) is 0 Å². The molecule has 2 nitrogen and oxygen atoms in total. The third-order valence-electron chi connectivity index (χ3n) is 0.125. The van der Waals surface area contributed by atoms with Crippen LogP contribution in [0.5, 0.6) is 0 Å². The van der Waals surface area contributed by atoms with Gasteiger partial charge >= 0.3 is 21.7 Å². The van der Waals surface area contributed by atoms with Crippen LogP contribution in [0.25, 0.3) is 11.5 Å². The van der Waals surface area contributed by atoms with Gasteiger partial charge in [-0.1, -0.05) is 0 Å². The van der Waals surface area contributed by atoms with Crippen molar-refractivity contribution in [3.63, 3.8) is 0 Å². The van der Waals surface area contributed by atoms with Crippen LogP contribution in [0.4, 0.5) is 0 Å². The molecule has 0 saturated heterocycles. The molecule has 0 heterocycles.